The van der Waals surface area contributed by atoms with Gasteiger partial charge in [-0.25, -0.2) is 9.38 Å². The summed E-state index contributed by atoms with van der Waals surface area (Å²) in [5.41, 5.74) is 3.31. The summed E-state index contributed by atoms with van der Waals surface area (Å²) in [7, 11) is 1.58. The minimum atomic E-state index is -0.307. The maximum atomic E-state index is 13.2. The van der Waals surface area contributed by atoms with Crippen molar-refractivity contribution in [2.24, 2.45) is 4.99 Å². The van der Waals surface area contributed by atoms with Crippen molar-refractivity contribution >= 4 is 11.7 Å². The molecular weight excluding hydrogens is 363 g/mol. The second-order valence-corrected chi connectivity index (χ2v) is 6.65. The van der Waals surface area contributed by atoms with E-state index in [9.17, 15) is 9.18 Å². The Balaban J connectivity index is 1.63. The number of rotatable bonds is 9. The smallest absolute Gasteiger partial charge is 0.218 e. The van der Waals surface area contributed by atoms with E-state index in [1.54, 1.807) is 25.4 Å². The van der Waals surface area contributed by atoms with E-state index in [0.29, 0.717) is 31.2 Å². The molecule has 0 spiro atoms. The van der Waals surface area contributed by atoms with E-state index in [-0.39, 0.29) is 37.2 Å². The summed E-state index contributed by atoms with van der Waals surface area (Å²) in [6.07, 6.45) is 2.16. The Labute approximate surface area is 163 Å². The lowest BCUT2D eigenvalue weighted by Crippen LogP contribution is -2.15. The standard InChI is InChI=1S/C21H23FN2O4/c1-27-13-16(14-2-4-17(22)5-3-14)9-19(26)10-18-8-15-11-24-21(28-7-6-25)20(15)12-23-18/h2-5,8,12,16,25H,6-7,9-11,13H2,1H3/t16-/m1/s1. The van der Waals surface area contributed by atoms with Gasteiger partial charge in [-0.1, -0.05) is 12.1 Å². The molecule has 2 heterocycles. The van der Waals surface area contributed by atoms with Crippen molar-refractivity contribution in [3.05, 3.63) is 64.7 Å². The van der Waals surface area contributed by atoms with Crippen LogP contribution in [0.15, 0.2) is 41.5 Å². The first-order chi connectivity index (χ1) is 13.6. The van der Waals surface area contributed by atoms with Crippen molar-refractivity contribution < 1.29 is 23.8 Å². The molecule has 1 aromatic carbocycles. The number of Topliss-reactive ketones (excluding diaryl/α,β-unsaturated/α-hetero) is 1. The quantitative estimate of drug-likeness (QED) is 0.716. The molecule has 1 atom stereocenters. The second-order valence-electron chi connectivity index (χ2n) is 6.65. The summed E-state index contributed by atoms with van der Waals surface area (Å²) in [6, 6.07) is 8.02. The molecule has 1 aromatic heterocycles. The van der Waals surface area contributed by atoms with Crippen LogP contribution in [0.4, 0.5) is 4.39 Å². The number of aromatic nitrogens is 1. The van der Waals surface area contributed by atoms with Crippen LogP contribution in [0.25, 0.3) is 0 Å². The maximum absolute atomic E-state index is 13.2. The molecule has 1 aliphatic rings. The van der Waals surface area contributed by atoms with Gasteiger partial charge in [0.15, 0.2) is 0 Å². The lowest BCUT2D eigenvalue weighted by Gasteiger charge is -2.16. The van der Waals surface area contributed by atoms with Gasteiger partial charge in [0.1, 0.15) is 18.2 Å². The first-order valence-electron chi connectivity index (χ1n) is 9.13. The fourth-order valence-electron chi connectivity index (χ4n) is 3.23. The molecule has 7 heteroatoms. The topological polar surface area (TPSA) is 81.0 Å². The third-order valence-electron chi connectivity index (χ3n) is 4.56. The molecule has 1 N–H and O–H groups in total. The Morgan fingerprint density at radius 3 is 2.82 bits per heavy atom. The predicted octanol–water partition coefficient (Wildman–Crippen LogP) is 2.42. The summed E-state index contributed by atoms with van der Waals surface area (Å²) in [4.78, 5) is 21.2. The van der Waals surface area contributed by atoms with Crippen LogP contribution >= 0.6 is 0 Å². The van der Waals surface area contributed by atoms with Gasteiger partial charge in [0.25, 0.3) is 0 Å². The molecule has 28 heavy (non-hydrogen) atoms. The summed E-state index contributed by atoms with van der Waals surface area (Å²) in [5, 5.41) is 8.86. The van der Waals surface area contributed by atoms with Gasteiger partial charge in [-0.05, 0) is 29.3 Å². The molecule has 0 saturated heterocycles. The van der Waals surface area contributed by atoms with Gasteiger partial charge in [0.2, 0.25) is 5.90 Å². The van der Waals surface area contributed by atoms with Crippen molar-refractivity contribution in [2.75, 3.05) is 26.9 Å². The third-order valence-corrected chi connectivity index (χ3v) is 4.56. The Morgan fingerprint density at radius 1 is 1.32 bits per heavy atom. The zero-order chi connectivity index (χ0) is 19.9. The number of aliphatic hydroxyl groups is 1. The number of ether oxygens (including phenoxy) is 2. The van der Waals surface area contributed by atoms with E-state index in [1.165, 1.54) is 12.1 Å². The number of pyridine rings is 1. The highest BCUT2D eigenvalue weighted by Crippen LogP contribution is 2.23. The highest BCUT2D eigenvalue weighted by molar-refractivity contribution is 5.97. The average Bonchev–Trinajstić information content (AvgIpc) is 3.09. The zero-order valence-corrected chi connectivity index (χ0v) is 15.7. The van der Waals surface area contributed by atoms with Crippen molar-refractivity contribution in [1.29, 1.82) is 0 Å². The normalized spacial score (nSPS) is 13.8. The Hall–Kier alpha value is -2.64. The lowest BCUT2D eigenvalue weighted by molar-refractivity contribution is -0.119. The van der Waals surface area contributed by atoms with Gasteiger partial charge in [-0.15, -0.1) is 0 Å². The van der Waals surface area contributed by atoms with Crippen LogP contribution in [-0.4, -0.2) is 48.7 Å². The number of carbonyl (C=O) groups is 1. The second kappa shape index (κ2) is 9.52. The minimum absolute atomic E-state index is 0.0366. The van der Waals surface area contributed by atoms with Crippen LogP contribution in [0, 0.1) is 5.82 Å². The number of benzene rings is 1. The SMILES string of the molecule is COC[C@@H](CC(=O)Cc1cc2c(cn1)C(OCCO)=NC2)c1ccc(F)cc1. The molecule has 2 aromatic rings. The summed E-state index contributed by atoms with van der Waals surface area (Å²) < 4.78 is 23.8. The fourth-order valence-corrected chi connectivity index (χ4v) is 3.23. The van der Waals surface area contributed by atoms with Gasteiger partial charge < -0.3 is 14.6 Å². The number of fused-ring (bicyclic) bond motifs is 1. The van der Waals surface area contributed by atoms with Crippen LogP contribution in [0.5, 0.6) is 0 Å². The zero-order valence-electron chi connectivity index (χ0n) is 15.7. The predicted molar refractivity (Wildman–Crippen MR) is 102 cm³/mol. The molecule has 6 nitrogen and oxygen atoms in total. The largest absolute Gasteiger partial charge is 0.475 e. The van der Waals surface area contributed by atoms with Crippen LogP contribution in [0.2, 0.25) is 0 Å². The van der Waals surface area contributed by atoms with Gasteiger partial charge in [0.05, 0.1) is 25.3 Å². The van der Waals surface area contributed by atoms with E-state index in [4.69, 9.17) is 14.6 Å². The Morgan fingerprint density at radius 2 is 2.11 bits per heavy atom. The molecule has 148 valence electrons. The molecular formula is C21H23FN2O4. The minimum Gasteiger partial charge on any atom is -0.475 e. The van der Waals surface area contributed by atoms with Crippen molar-refractivity contribution in [3.8, 4) is 0 Å². The lowest BCUT2D eigenvalue weighted by atomic mass is 9.93. The van der Waals surface area contributed by atoms with Crippen LogP contribution < -0.4 is 0 Å². The highest BCUT2D eigenvalue weighted by Gasteiger charge is 2.21. The van der Waals surface area contributed by atoms with Crippen LogP contribution in [0.3, 0.4) is 0 Å². The van der Waals surface area contributed by atoms with Gasteiger partial charge >= 0.3 is 0 Å². The summed E-state index contributed by atoms with van der Waals surface area (Å²) >= 11 is 0. The highest BCUT2D eigenvalue weighted by atomic mass is 19.1. The first-order valence-corrected chi connectivity index (χ1v) is 9.13. The number of ketones is 1. The van der Waals surface area contributed by atoms with Crippen molar-refractivity contribution in [1.82, 2.24) is 4.98 Å². The molecule has 3 rings (SSSR count). The number of nitrogens with zero attached hydrogens (tertiary/aromatic N) is 2. The van der Waals surface area contributed by atoms with E-state index in [1.807, 2.05) is 6.07 Å². The van der Waals surface area contributed by atoms with E-state index < -0.39 is 0 Å². The van der Waals surface area contributed by atoms with Crippen molar-refractivity contribution in [2.45, 2.75) is 25.3 Å². The molecule has 0 saturated carbocycles. The third kappa shape index (κ3) is 4.99. The number of halogens is 1. The molecule has 0 unspecified atom stereocenters. The van der Waals surface area contributed by atoms with E-state index in [2.05, 4.69) is 9.98 Å². The van der Waals surface area contributed by atoms with Gasteiger partial charge in [-0.2, -0.15) is 0 Å². The van der Waals surface area contributed by atoms with Crippen LogP contribution in [0.1, 0.15) is 34.7 Å². The van der Waals surface area contributed by atoms with Crippen molar-refractivity contribution in [3.63, 3.8) is 0 Å². The Bertz CT molecular complexity index is 852. The molecule has 0 amide bonds. The van der Waals surface area contributed by atoms with E-state index in [0.717, 1.165) is 16.7 Å². The molecule has 0 radical (unpaired) electrons. The molecule has 1 aliphatic heterocycles. The van der Waals surface area contributed by atoms with E-state index >= 15 is 0 Å². The monoisotopic (exact) mass is 386 g/mol. The number of hydrogen-bond acceptors (Lipinski definition) is 6. The number of carbonyl (C=O) groups excluding carboxylic acids is 1. The number of hydrogen-bond donors (Lipinski definition) is 1. The van der Waals surface area contributed by atoms with Crippen LogP contribution in [-0.2, 0) is 27.2 Å². The summed E-state index contributed by atoms with van der Waals surface area (Å²) in [5.74, 6) is 0.0767. The number of aliphatic hydroxyl groups excluding tert-OH is 1. The number of aliphatic imine (C=N–C) groups is 1. The van der Waals surface area contributed by atoms with Gasteiger partial charge in [-0.3, -0.25) is 9.78 Å². The average molecular weight is 386 g/mol. The maximum Gasteiger partial charge on any atom is 0.218 e. The first kappa shape index (κ1) is 20.1. The Kier molecular flexibility index (Phi) is 6.84. The summed E-state index contributed by atoms with van der Waals surface area (Å²) in [6.45, 7) is 0.962. The fraction of sp³-hybridized carbons (Fsp3) is 0.381. The van der Waals surface area contributed by atoms with Gasteiger partial charge in [0, 0.05) is 37.8 Å². The number of methoxy groups -OCH3 is 1. The molecule has 0 aliphatic carbocycles. The molecule has 0 fully saturated rings. The molecule has 0 bridgehead atoms.